The topological polar surface area (TPSA) is 52.3 Å². The average Bonchev–Trinajstić information content (AvgIpc) is 2.19. The van der Waals surface area contributed by atoms with E-state index < -0.39 is 0 Å². The molecule has 3 heteroatoms. The zero-order valence-corrected chi connectivity index (χ0v) is 8.69. The Kier molecular flexibility index (Phi) is 7.23. The molecule has 2 N–H and O–H groups in total. The Morgan fingerprint density at radius 2 is 2.14 bits per heavy atom. The first-order valence-corrected chi connectivity index (χ1v) is 4.55. The second-order valence-corrected chi connectivity index (χ2v) is 2.83. The second kappa shape index (κ2) is 8.10. The first-order valence-electron chi connectivity index (χ1n) is 4.55. The first kappa shape index (κ1) is 12.5. The van der Waals surface area contributed by atoms with Crippen molar-refractivity contribution in [3.8, 4) is 0 Å². The van der Waals surface area contributed by atoms with Crippen molar-refractivity contribution in [1.82, 2.24) is 0 Å². The van der Waals surface area contributed by atoms with Gasteiger partial charge in [-0.1, -0.05) is 25.5 Å². The van der Waals surface area contributed by atoms with Gasteiger partial charge in [0.15, 0.2) is 0 Å². The number of nitrogen functional groups attached to an aromatic ring is 1. The van der Waals surface area contributed by atoms with E-state index in [0.717, 1.165) is 12.1 Å². The highest BCUT2D eigenvalue weighted by Crippen LogP contribution is 2.07. The van der Waals surface area contributed by atoms with Crippen molar-refractivity contribution in [1.29, 1.82) is 0 Å². The number of hydrogen-bond donors (Lipinski definition) is 1. The third-order valence-corrected chi connectivity index (χ3v) is 1.59. The van der Waals surface area contributed by atoms with Gasteiger partial charge in [0.25, 0.3) is 6.47 Å². The van der Waals surface area contributed by atoms with Gasteiger partial charge in [0.1, 0.15) is 0 Å². The Hall–Kier alpha value is -1.51. The van der Waals surface area contributed by atoms with Crippen LogP contribution in [0.4, 0.5) is 5.69 Å². The van der Waals surface area contributed by atoms with Crippen molar-refractivity contribution in [3.63, 3.8) is 0 Å². The monoisotopic (exact) mass is 195 g/mol. The summed E-state index contributed by atoms with van der Waals surface area (Å²) in [6.07, 6.45) is 2.31. The lowest BCUT2D eigenvalue weighted by molar-refractivity contribution is -0.126. The maximum atomic E-state index is 8.95. The number of aryl methyl sites for hydroxylation is 1. The van der Waals surface area contributed by atoms with E-state index in [9.17, 15) is 0 Å². The van der Waals surface area contributed by atoms with E-state index in [4.69, 9.17) is 10.5 Å². The minimum absolute atomic E-state index is 0.375. The van der Waals surface area contributed by atoms with E-state index >= 15 is 0 Å². The minimum Gasteiger partial charge on any atom is -0.471 e. The third kappa shape index (κ3) is 6.06. The Morgan fingerprint density at radius 1 is 1.50 bits per heavy atom. The Balaban J connectivity index is 0.000000364. The largest absolute Gasteiger partial charge is 0.471 e. The molecule has 14 heavy (non-hydrogen) atoms. The number of anilines is 1. The molecule has 0 heterocycles. The molecule has 0 fully saturated rings. The van der Waals surface area contributed by atoms with Crippen LogP contribution in [-0.4, -0.2) is 13.6 Å². The molecule has 0 unspecified atom stereocenters. The molecule has 1 rings (SSSR count). The zero-order valence-electron chi connectivity index (χ0n) is 8.69. The number of hydrogen-bond acceptors (Lipinski definition) is 3. The van der Waals surface area contributed by atoms with Crippen molar-refractivity contribution in [2.24, 2.45) is 0 Å². The smallest absolute Gasteiger partial charge is 0.292 e. The molecule has 0 aliphatic carbocycles. The summed E-state index contributed by atoms with van der Waals surface area (Å²) >= 11 is 0. The molecule has 1 aromatic rings. The molecular weight excluding hydrogens is 178 g/mol. The maximum absolute atomic E-state index is 8.95. The Bertz CT molecular complexity index is 261. The summed E-state index contributed by atoms with van der Waals surface area (Å²) in [7, 11) is 1.31. The van der Waals surface area contributed by atoms with Crippen LogP contribution in [0.3, 0.4) is 0 Å². The Morgan fingerprint density at radius 3 is 2.57 bits per heavy atom. The van der Waals surface area contributed by atoms with Gasteiger partial charge in [0.05, 0.1) is 7.11 Å². The number of nitrogens with two attached hydrogens (primary N) is 1. The molecular formula is C11H17NO2. The van der Waals surface area contributed by atoms with Crippen molar-refractivity contribution < 1.29 is 9.53 Å². The SMILES string of the molecule is CCCc1cccc(N)c1.COC=O. The van der Waals surface area contributed by atoms with E-state index in [1.165, 1.54) is 19.1 Å². The highest BCUT2D eigenvalue weighted by Gasteiger charge is 1.89. The lowest BCUT2D eigenvalue weighted by Crippen LogP contribution is -1.87. The van der Waals surface area contributed by atoms with Crippen LogP contribution in [0.1, 0.15) is 18.9 Å². The summed E-state index contributed by atoms with van der Waals surface area (Å²) in [5.74, 6) is 0. The van der Waals surface area contributed by atoms with Crippen LogP contribution in [0.2, 0.25) is 0 Å². The molecule has 0 saturated heterocycles. The molecule has 0 bridgehead atoms. The Labute approximate surface area is 84.9 Å². The third-order valence-electron chi connectivity index (χ3n) is 1.59. The van der Waals surface area contributed by atoms with Gasteiger partial charge >= 0.3 is 0 Å². The van der Waals surface area contributed by atoms with Gasteiger partial charge in [-0.3, -0.25) is 4.79 Å². The molecule has 0 spiro atoms. The molecule has 0 atom stereocenters. The van der Waals surface area contributed by atoms with E-state index in [1.54, 1.807) is 0 Å². The van der Waals surface area contributed by atoms with E-state index in [-0.39, 0.29) is 0 Å². The maximum Gasteiger partial charge on any atom is 0.292 e. The standard InChI is InChI=1S/C9H13N.C2H4O2/c1-2-4-8-5-3-6-9(10)7-8;1-4-2-3/h3,5-7H,2,4,10H2,1H3;2H,1H3. The van der Waals surface area contributed by atoms with Gasteiger partial charge in [0, 0.05) is 5.69 Å². The summed E-state index contributed by atoms with van der Waals surface area (Å²) < 4.78 is 3.86. The fourth-order valence-electron chi connectivity index (χ4n) is 1.04. The summed E-state index contributed by atoms with van der Waals surface area (Å²) in [6, 6.07) is 8.06. The van der Waals surface area contributed by atoms with Crippen LogP contribution in [0.25, 0.3) is 0 Å². The fourth-order valence-corrected chi connectivity index (χ4v) is 1.04. The molecule has 78 valence electrons. The van der Waals surface area contributed by atoms with E-state index in [0.29, 0.717) is 6.47 Å². The lowest BCUT2D eigenvalue weighted by atomic mass is 10.1. The van der Waals surface area contributed by atoms with Crippen LogP contribution in [0.15, 0.2) is 24.3 Å². The normalized spacial score (nSPS) is 8.43. The van der Waals surface area contributed by atoms with Crippen LogP contribution in [-0.2, 0) is 16.0 Å². The van der Waals surface area contributed by atoms with Crippen molar-refractivity contribution in [3.05, 3.63) is 29.8 Å². The number of carbonyl (C=O) groups excluding carboxylic acids is 1. The molecule has 0 saturated carbocycles. The van der Waals surface area contributed by atoms with Gasteiger partial charge < -0.3 is 10.5 Å². The number of rotatable bonds is 3. The second-order valence-electron chi connectivity index (χ2n) is 2.83. The van der Waals surface area contributed by atoms with Gasteiger partial charge in [-0.25, -0.2) is 0 Å². The molecule has 0 aliphatic rings. The molecule has 0 aliphatic heterocycles. The predicted octanol–water partition coefficient (Wildman–Crippen LogP) is 2.01. The van der Waals surface area contributed by atoms with Crippen molar-refractivity contribution in [2.45, 2.75) is 19.8 Å². The van der Waals surface area contributed by atoms with E-state index in [2.05, 4.69) is 17.7 Å². The summed E-state index contributed by atoms with van der Waals surface area (Å²) in [4.78, 5) is 8.95. The number of ether oxygens (including phenoxy) is 1. The predicted molar refractivity (Wildman–Crippen MR) is 57.9 cm³/mol. The molecule has 0 aromatic heterocycles. The quantitative estimate of drug-likeness (QED) is 0.593. The minimum atomic E-state index is 0.375. The highest BCUT2D eigenvalue weighted by molar-refractivity contribution is 5.40. The van der Waals surface area contributed by atoms with Crippen molar-refractivity contribution in [2.75, 3.05) is 12.8 Å². The van der Waals surface area contributed by atoms with Gasteiger partial charge in [-0.15, -0.1) is 0 Å². The lowest BCUT2D eigenvalue weighted by Gasteiger charge is -1.98. The zero-order chi connectivity index (χ0) is 10.8. The van der Waals surface area contributed by atoms with Gasteiger partial charge in [-0.2, -0.15) is 0 Å². The van der Waals surface area contributed by atoms with Crippen LogP contribution in [0.5, 0.6) is 0 Å². The molecule has 1 aromatic carbocycles. The summed E-state index contributed by atoms with van der Waals surface area (Å²) in [5.41, 5.74) is 7.79. The van der Waals surface area contributed by atoms with Crippen molar-refractivity contribution >= 4 is 12.2 Å². The highest BCUT2D eigenvalue weighted by atomic mass is 16.5. The molecule has 3 nitrogen and oxygen atoms in total. The molecule has 0 amide bonds. The summed E-state index contributed by atoms with van der Waals surface area (Å²) in [6.45, 7) is 2.54. The first-order chi connectivity index (χ1) is 6.74. The number of methoxy groups -OCH3 is 1. The van der Waals surface area contributed by atoms with E-state index in [1.807, 2.05) is 18.2 Å². The van der Waals surface area contributed by atoms with Crippen LogP contribution >= 0.6 is 0 Å². The number of carbonyl (C=O) groups is 1. The molecule has 0 radical (unpaired) electrons. The van der Waals surface area contributed by atoms with Gasteiger partial charge in [-0.05, 0) is 24.1 Å². The van der Waals surface area contributed by atoms with Gasteiger partial charge in [0.2, 0.25) is 0 Å². The van der Waals surface area contributed by atoms with Crippen LogP contribution < -0.4 is 5.73 Å². The van der Waals surface area contributed by atoms with Crippen LogP contribution in [0, 0.1) is 0 Å². The fraction of sp³-hybridized carbons (Fsp3) is 0.364. The number of benzene rings is 1. The average molecular weight is 195 g/mol. The summed E-state index contributed by atoms with van der Waals surface area (Å²) in [5, 5.41) is 0.